The highest BCUT2D eigenvalue weighted by molar-refractivity contribution is 8.76. The molecule has 0 aliphatic heterocycles. The van der Waals surface area contributed by atoms with Crippen molar-refractivity contribution < 1.29 is 19.1 Å². The van der Waals surface area contributed by atoms with Gasteiger partial charge in [-0.25, -0.2) is 0 Å². The van der Waals surface area contributed by atoms with Crippen LogP contribution in [0, 0.1) is 11.8 Å². The summed E-state index contributed by atoms with van der Waals surface area (Å²) in [5, 5.41) is 0. The normalized spacial score (nSPS) is 11.2. The molecule has 4 nitrogen and oxygen atoms in total. The number of ether oxygens (including phenoxy) is 2. The van der Waals surface area contributed by atoms with Gasteiger partial charge in [-0.05, 0) is 12.3 Å². The minimum atomic E-state index is -0.138. The van der Waals surface area contributed by atoms with Crippen LogP contribution in [-0.2, 0) is 19.1 Å². The Hall–Kier alpha value is -0.200. The summed E-state index contributed by atoms with van der Waals surface area (Å²) < 4.78 is 10.6. The van der Waals surface area contributed by atoms with Gasteiger partial charge >= 0.3 is 5.97 Å². The zero-order valence-electron chi connectivity index (χ0n) is 14.3. The van der Waals surface area contributed by atoms with E-state index in [1.54, 1.807) is 21.6 Å². The summed E-state index contributed by atoms with van der Waals surface area (Å²) in [5.74, 6) is 2.29. The van der Waals surface area contributed by atoms with Crippen molar-refractivity contribution in [1.29, 1.82) is 0 Å². The Balaban J connectivity index is 3.21. The van der Waals surface area contributed by atoms with E-state index in [1.807, 2.05) is 13.8 Å². The Morgan fingerprint density at radius 3 is 2.18 bits per heavy atom. The molecule has 0 aliphatic carbocycles. The molecule has 0 saturated heterocycles. The average molecular weight is 351 g/mol. The number of esters is 1. The highest BCUT2D eigenvalue weighted by atomic mass is 33.1. The maximum absolute atomic E-state index is 11.5. The van der Waals surface area contributed by atoms with Crippen molar-refractivity contribution in [2.45, 2.75) is 47.0 Å². The zero-order valence-corrected chi connectivity index (χ0v) is 15.9. The zero-order chi connectivity index (χ0) is 16.8. The lowest BCUT2D eigenvalue weighted by atomic mass is 10.0. The van der Waals surface area contributed by atoms with Gasteiger partial charge < -0.3 is 9.47 Å². The summed E-state index contributed by atoms with van der Waals surface area (Å²) in [6.07, 6.45) is 2.11. The van der Waals surface area contributed by atoms with E-state index in [4.69, 9.17) is 9.47 Å². The topological polar surface area (TPSA) is 52.6 Å². The maximum atomic E-state index is 11.5. The monoisotopic (exact) mass is 350 g/mol. The van der Waals surface area contributed by atoms with Crippen molar-refractivity contribution in [2.75, 3.05) is 31.3 Å². The molecular weight excluding hydrogens is 320 g/mol. The van der Waals surface area contributed by atoms with E-state index in [-0.39, 0.29) is 11.9 Å². The molecule has 0 radical (unpaired) electrons. The molecule has 22 heavy (non-hydrogen) atoms. The summed E-state index contributed by atoms with van der Waals surface area (Å²) in [4.78, 5) is 22.7. The standard InChI is InChI=1S/C16H30O4S2/c1-13(2)12-15(17)6-5-7-19-8-10-21-22-11-9-20-16(18)14(3)4/h13-14H,5-12H2,1-4H3. The first-order valence-electron chi connectivity index (χ1n) is 7.94. The van der Waals surface area contributed by atoms with Gasteiger partial charge in [0.05, 0.1) is 12.5 Å². The van der Waals surface area contributed by atoms with Crippen molar-refractivity contribution in [3.05, 3.63) is 0 Å². The molecule has 0 aromatic rings. The molecule has 6 heteroatoms. The number of rotatable bonds is 14. The molecule has 0 amide bonds. The summed E-state index contributed by atoms with van der Waals surface area (Å²) >= 11 is 0. The first-order chi connectivity index (χ1) is 10.4. The number of Topliss-reactive ketones (excluding diaryl/α,β-unsaturated/α-hetero) is 1. The lowest BCUT2D eigenvalue weighted by Gasteiger charge is -2.07. The van der Waals surface area contributed by atoms with Crippen LogP contribution in [0.4, 0.5) is 0 Å². The molecule has 0 heterocycles. The fraction of sp³-hybridized carbons (Fsp3) is 0.875. The predicted molar refractivity (Wildman–Crippen MR) is 95.2 cm³/mol. The third kappa shape index (κ3) is 14.7. The SMILES string of the molecule is CC(C)CC(=O)CCCOCCSSCCOC(=O)C(C)C. The van der Waals surface area contributed by atoms with E-state index in [2.05, 4.69) is 13.8 Å². The van der Waals surface area contributed by atoms with Crippen LogP contribution in [0.25, 0.3) is 0 Å². The van der Waals surface area contributed by atoms with Crippen molar-refractivity contribution in [3.63, 3.8) is 0 Å². The molecule has 0 aromatic carbocycles. The molecule has 0 saturated carbocycles. The van der Waals surface area contributed by atoms with Gasteiger partial charge in [-0.15, -0.1) is 0 Å². The molecule has 0 fully saturated rings. The van der Waals surface area contributed by atoms with Gasteiger partial charge in [0.1, 0.15) is 12.4 Å². The van der Waals surface area contributed by atoms with E-state index >= 15 is 0 Å². The summed E-state index contributed by atoms with van der Waals surface area (Å²) in [6, 6.07) is 0. The number of carbonyl (C=O) groups excluding carboxylic acids is 2. The van der Waals surface area contributed by atoms with Gasteiger partial charge in [0.25, 0.3) is 0 Å². The molecule has 0 spiro atoms. The molecule has 0 rings (SSSR count). The number of hydrogen-bond acceptors (Lipinski definition) is 6. The molecule has 0 aromatic heterocycles. The summed E-state index contributed by atoms with van der Waals surface area (Å²) in [6.45, 7) is 9.60. The van der Waals surface area contributed by atoms with E-state index < -0.39 is 0 Å². The van der Waals surface area contributed by atoms with Gasteiger partial charge in [-0.3, -0.25) is 9.59 Å². The molecule has 130 valence electrons. The second-order valence-electron chi connectivity index (χ2n) is 5.82. The van der Waals surface area contributed by atoms with E-state index in [0.717, 1.165) is 17.9 Å². The molecule has 0 N–H and O–H groups in total. The Morgan fingerprint density at radius 1 is 0.955 bits per heavy atom. The lowest BCUT2D eigenvalue weighted by Crippen LogP contribution is -2.13. The Bertz CT molecular complexity index is 307. The Kier molecular flexibility index (Phi) is 14.3. The molecule has 0 aliphatic rings. The highest BCUT2D eigenvalue weighted by Crippen LogP contribution is 2.20. The van der Waals surface area contributed by atoms with Crippen LogP contribution < -0.4 is 0 Å². The average Bonchev–Trinajstić information content (AvgIpc) is 2.43. The highest BCUT2D eigenvalue weighted by Gasteiger charge is 2.07. The molecular formula is C16H30O4S2. The van der Waals surface area contributed by atoms with E-state index in [1.165, 1.54) is 0 Å². The lowest BCUT2D eigenvalue weighted by molar-refractivity contribution is -0.146. The molecule has 0 atom stereocenters. The fourth-order valence-electron chi connectivity index (χ4n) is 1.58. The fourth-order valence-corrected chi connectivity index (χ4v) is 3.27. The minimum Gasteiger partial charge on any atom is -0.465 e. The van der Waals surface area contributed by atoms with Gasteiger partial charge in [0.2, 0.25) is 0 Å². The van der Waals surface area contributed by atoms with Crippen LogP contribution in [0.15, 0.2) is 0 Å². The number of carbonyl (C=O) groups is 2. The van der Waals surface area contributed by atoms with Gasteiger partial charge in [-0.1, -0.05) is 49.3 Å². The van der Waals surface area contributed by atoms with Crippen LogP contribution in [0.1, 0.15) is 47.0 Å². The Labute approximate surface area is 142 Å². The van der Waals surface area contributed by atoms with Crippen LogP contribution in [-0.4, -0.2) is 43.1 Å². The maximum Gasteiger partial charge on any atom is 0.308 e. The van der Waals surface area contributed by atoms with Crippen molar-refractivity contribution in [2.24, 2.45) is 11.8 Å². The van der Waals surface area contributed by atoms with E-state index in [9.17, 15) is 9.59 Å². The van der Waals surface area contributed by atoms with Crippen molar-refractivity contribution in [1.82, 2.24) is 0 Å². The van der Waals surface area contributed by atoms with Crippen LogP contribution in [0.2, 0.25) is 0 Å². The van der Waals surface area contributed by atoms with Crippen LogP contribution in [0.5, 0.6) is 0 Å². The third-order valence-corrected chi connectivity index (χ3v) is 4.99. The first-order valence-corrected chi connectivity index (χ1v) is 10.4. The van der Waals surface area contributed by atoms with Crippen LogP contribution >= 0.6 is 21.6 Å². The van der Waals surface area contributed by atoms with E-state index in [0.29, 0.717) is 44.4 Å². The van der Waals surface area contributed by atoms with Crippen LogP contribution in [0.3, 0.4) is 0 Å². The second kappa shape index (κ2) is 14.4. The van der Waals surface area contributed by atoms with Crippen molar-refractivity contribution >= 4 is 33.3 Å². The molecule has 0 bridgehead atoms. The second-order valence-corrected chi connectivity index (χ2v) is 8.52. The third-order valence-electron chi connectivity index (χ3n) is 2.66. The van der Waals surface area contributed by atoms with Gasteiger partial charge in [0.15, 0.2) is 0 Å². The summed E-state index contributed by atoms with van der Waals surface area (Å²) in [7, 11) is 3.41. The first kappa shape index (κ1) is 21.8. The van der Waals surface area contributed by atoms with Crippen molar-refractivity contribution in [3.8, 4) is 0 Å². The molecule has 0 unspecified atom stereocenters. The number of hydrogen-bond donors (Lipinski definition) is 0. The minimum absolute atomic E-state index is 0.0570. The van der Waals surface area contributed by atoms with Gasteiger partial charge in [0, 0.05) is 31.0 Å². The smallest absolute Gasteiger partial charge is 0.308 e. The number of ketones is 1. The Morgan fingerprint density at radius 2 is 1.59 bits per heavy atom. The largest absolute Gasteiger partial charge is 0.465 e. The summed E-state index contributed by atoms with van der Waals surface area (Å²) in [5.41, 5.74) is 0. The van der Waals surface area contributed by atoms with Gasteiger partial charge in [-0.2, -0.15) is 0 Å². The predicted octanol–water partition coefficient (Wildman–Crippen LogP) is 3.98. The quantitative estimate of drug-likeness (QED) is 0.268.